The summed E-state index contributed by atoms with van der Waals surface area (Å²) in [6.07, 6.45) is 38.9. The molecule has 570 valence electrons. The van der Waals surface area contributed by atoms with Crippen molar-refractivity contribution in [1.29, 1.82) is 0 Å². The first-order chi connectivity index (χ1) is 55.4. The lowest BCUT2D eigenvalue weighted by atomic mass is 9.67. The standard InChI is InChI=1S/C111H106N4/c1-73-34-35-77(37-36-75-40-45-80(46-41-75)87-55-57-103(93-26-18-17-25-90(87)93)113-64-62-106(3,4)95-27-19-21-31-104(95)113)68-97(73)109(9,10)94-29-23-33-100(74(94)2)115-102-56-44-79(67-84(102)59-61-108(115,7)8)72-111(13)63-65-112(105-32-22-20-28-96(105)111)85-49-53-89-83(70-85)48-47-82-66-76(42-51-88(82)89)38-39-78-43-52-91-92-54-50-86(71-99(92)110(11,12)98(91)69-78)114-101-30-16-14-15-24-81(101)58-60-107(114,5)6/h14-23,25-61,66-71,74,100H,24,62-65,72H2,1-13H3. The summed E-state index contributed by atoms with van der Waals surface area (Å²) in [5, 5.41) is 7.64. The second-order valence-corrected chi connectivity index (χ2v) is 37.0. The van der Waals surface area contributed by atoms with E-state index in [0.717, 1.165) is 38.8 Å². The van der Waals surface area contributed by atoms with E-state index < -0.39 is 0 Å². The van der Waals surface area contributed by atoms with Gasteiger partial charge in [0, 0.05) is 80.5 Å². The molecule has 3 aliphatic carbocycles. The van der Waals surface area contributed by atoms with Crippen molar-refractivity contribution in [3.63, 3.8) is 0 Å². The summed E-state index contributed by atoms with van der Waals surface area (Å²) in [6.45, 7) is 33.1. The molecule has 0 saturated carbocycles. The SMILES string of the molecule is Cc1ccc(C=Cc2ccc(-c3ccc(N4CCC(C)(C)c5ccccc54)c4ccccc34)cc2)cc1C(C)(C)C1=CC=CC(N2c3ccc(CC4(C)CCN(c5ccc6c(ccc7cc(C=Cc8ccc9c(c8)C(C)(C)c8cc(N%10C%11=C(C=CC%10(C)C)CC=CC=C%11)ccc8-9)ccc76)c5)c5ccccc54)cc3C=CC2(C)C)C1C. The van der Waals surface area contributed by atoms with Crippen LogP contribution in [0, 0.1) is 12.8 Å². The fourth-order valence-electron chi connectivity index (χ4n) is 21.1. The largest absolute Gasteiger partial charge is 0.355 e. The highest BCUT2D eigenvalue weighted by atomic mass is 15.2. The molecule has 3 unspecified atom stereocenters. The van der Waals surface area contributed by atoms with E-state index in [2.05, 4.69) is 431 Å². The van der Waals surface area contributed by atoms with Gasteiger partial charge >= 0.3 is 0 Å². The molecule has 4 heteroatoms. The van der Waals surface area contributed by atoms with E-state index in [-0.39, 0.29) is 44.7 Å². The third kappa shape index (κ3) is 12.7. The minimum Gasteiger partial charge on any atom is -0.355 e. The Morgan fingerprint density at radius 2 is 1.08 bits per heavy atom. The Labute approximate surface area is 682 Å². The molecule has 0 bridgehead atoms. The molecule has 0 N–H and O–H groups in total. The highest BCUT2D eigenvalue weighted by Gasteiger charge is 2.44. The Morgan fingerprint density at radius 1 is 0.461 bits per heavy atom. The maximum atomic E-state index is 2.72. The zero-order valence-corrected chi connectivity index (χ0v) is 69.3. The van der Waals surface area contributed by atoms with Gasteiger partial charge < -0.3 is 19.6 Å². The predicted molar refractivity (Wildman–Crippen MR) is 495 cm³/mol. The lowest BCUT2D eigenvalue weighted by Gasteiger charge is -2.50. The zero-order chi connectivity index (χ0) is 79.1. The van der Waals surface area contributed by atoms with Gasteiger partial charge in [-0.15, -0.1) is 0 Å². The minimum absolute atomic E-state index is 0.0602. The van der Waals surface area contributed by atoms with E-state index in [9.17, 15) is 0 Å². The van der Waals surface area contributed by atoms with Crippen LogP contribution < -0.4 is 19.6 Å². The summed E-state index contributed by atoms with van der Waals surface area (Å²) >= 11 is 0. The van der Waals surface area contributed by atoms with Crippen LogP contribution in [0.4, 0.5) is 34.1 Å². The Hall–Kier alpha value is -11.7. The molecule has 0 fully saturated rings. The van der Waals surface area contributed by atoms with Crippen LogP contribution in [0.2, 0.25) is 0 Å². The average molecular weight is 1500 g/mol. The molecule has 115 heavy (non-hydrogen) atoms. The van der Waals surface area contributed by atoms with E-state index >= 15 is 0 Å². The topological polar surface area (TPSA) is 13.0 Å². The molecule has 12 aromatic rings. The normalized spacial score (nSPS) is 20.1. The third-order valence-corrected chi connectivity index (χ3v) is 27.5. The van der Waals surface area contributed by atoms with Gasteiger partial charge in [-0.05, 0) is 254 Å². The molecule has 0 spiro atoms. The highest BCUT2D eigenvalue weighted by Crippen LogP contribution is 2.54. The first-order valence-corrected chi connectivity index (χ1v) is 42.1. The molecule has 12 aromatic carbocycles. The number of hydrogen-bond donors (Lipinski definition) is 0. The number of para-hydroxylation sites is 2. The van der Waals surface area contributed by atoms with Crippen LogP contribution >= 0.6 is 0 Å². The maximum absolute atomic E-state index is 2.72. The summed E-state index contributed by atoms with van der Waals surface area (Å²) in [6, 6.07) is 88.6. The molecule has 7 aliphatic rings. The van der Waals surface area contributed by atoms with Crippen molar-refractivity contribution in [2.24, 2.45) is 5.92 Å². The van der Waals surface area contributed by atoms with Crippen LogP contribution in [0.25, 0.3) is 85.0 Å². The first kappa shape index (κ1) is 73.5. The highest BCUT2D eigenvalue weighted by molar-refractivity contribution is 6.09. The number of anilines is 6. The van der Waals surface area contributed by atoms with Gasteiger partial charge in [0.15, 0.2) is 0 Å². The van der Waals surface area contributed by atoms with Crippen molar-refractivity contribution in [2.75, 3.05) is 32.7 Å². The fraction of sp³-hybridized carbons (Fsp3) is 0.243. The number of nitrogens with zero attached hydrogens (tertiary/aromatic N) is 4. The van der Waals surface area contributed by atoms with Gasteiger partial charge in [-0.25, -0.2) is 0 Å². The zero-order valence-electron chi connectivity index (χ0n) is 69.3. The molecule has 3 atom stereocenters. The smallest absolute Gasteiger partial charge is 0.0580 e. The Balaban J connectivity index is 0.519. The van der Waals surface area contributed by atoms with Crippen LogP contribution in [-0.4, -0.2) is 30.2 Å². The molecular formula is C111H106N4. The minimum atomic E-state index is -0.230. The van der Waals surface area contributed by atoms with E-state index in [1.807, 2.05) is 0 Å². The number of rotatable bonds is 13. The summed E-state index contributed by atoms with van der Waals surface area (Å²) in [5.74, 6) is 0.245. The number of aryl methyl sites for hydroxylation is 1. The predicted octanol–water partition coefficient (Wildman–Crippen LogP) is 28.6. The van der Waals surface area contributed by atoms with Crippen LogP contribution in [-0.2, 0) is 28.1 Å². The van der Waals surface area contributed by atoms with Crippen molar-refractivity contribution in [3.05, 3.63) is 375 Å². The molecule has 0 amide bonds. The summed E-state index contributed by atoms with van der Waals surface area (Å²) in [4.78, 5) is 10.4. The number of allylic oxidation sites excluding steroid dienone is 8. The van der Waals surface area contributed by atoms with Crippen LogP contribution in [0.3, 0.4) is 0 Å². The molecule has 0 radical (unpaired) electrons. The summed E-state index contributed by atoms with van der Waals surface area (Å²) < 4.78 is 0. The second kappa shape index (κ2) is 27.8. The van der Waals surface area contributed by atoms with Crippen LogP contribution in [0.5, 0.6) is 0 Å². The van der Waals surface area contributed by atoms with Gasteiger partial charge in [-0.3, -0.25) is 0 Å². The maximum Gasteiger partial charge on any atom is 0.0580 e. The summed E-state index contributed by atoms with van der Waals surface area (Å²) in [7, 11) is 0. The van der Waals surface area contributed by atoms with Crippen LogP contribution in [0.15, 0.2) is 308 Å². The van der Waals surface area contributed by atoms with Gasteiger partial charge in [0.1, 0.15) is 0 Å². The Kier molecular flexibility index (Phi) is 17.8. The first-order valence-electron chi connectivity index (χ1n) is 42.1. The van der Waals surface area contributed by atoms with Crippen molar-refractivity contribution in [3.8, 4) is 22.3 Å². The lowest BCUT2D eigenvalue weighted by molar-refractivity contribution is 0.412. The van der Waals surface area contributed by atoms with Crippen molar-refractivity contribution in [1.82, 2.24) is 0 Å². The van der Waals surface area contributed by atoms with Gasteiger partial charge in [0.05, 0.1) is 17.1 Å². The molecular weight excluding hydrogens is 1390 g/mol. The van der Waals surface area contributed by atoms with E-state index in [1.54, 1.807) is 0 Å². The van der Waals surface area contributed by atoms with Crippen molar-refractivity contribution >= 4 is 96.8 Å². The Bertz CT molecular complexity index is 6280. The van der Waals surface area contributed by atoms with E-state index in [1.165, 1.54) is 172 Å². The number of hydrogen-bond acceptors (Lipinski definition) is 4. The lowest BCUT2D eigenvalue weighted by Crippen LogP contribution is -2.54. The third-order valence-electron chi connectivity index (χ3n) is 27.5. The van der Waals surface area contributed by atoms with Crippen LogP contribution in [0.1, 0.15) is 169 Å². The Morgan fingerprint density at radius 3 is 1.87 bits per heavy atom. The van der Waals surface area contributed by atoms with Gasteiger partial charge in [-0.2, -0.15) is 0 Å². The van der Waals surface area contributed by atoms with E-state index in [4.69, 9.17) is 0 Å². The molecule has 4 aliphatic heterocycles. The molecule has 4 nitrogen and oxygen atoms in total. The van der Waals surface area contributed by atoms with E-state index in [0.29, 0.717) is 0 Å². The van der Waals surface area contributed by atoms with Gasteiger partial charge in [0.2, 0.25) is 0 Å². The van der Waals surface area contributed by atoms with Gasteiger partial charge in [-0.1, -0.05) is 316 Å². The molecule has 0 saturated heterocycles. The summed E-state index contributed by atoms with van der Waals surface area (Å²) in [5.41, 5.74) is 32.1. The van der Waals surface area contributed by atoms with Crippen molar-refractivity contribution in [2.45, 2.75) is 154 Å². The molecule has 19 rings (SSSR count). The quantitative estimate of drug-likeness (QED) is 0.0842. The van der Waals surface area contributed by atoms with Gasteiger partial charge in [0.25, 0.3) is 0 Å². The fourth-order valence-corrected chi connectivity index (χ4v) is 21.1. The van der Waals surface area contributed by atoms with Crippen molar-refractivity contribution < 1.29 is 0 Å². The number of fused-ring (bicyclic) bond motifs is 10. The molecule has 4 heterocycles. The monoisotopic (exact) mass is 1490 g/mol. The number of benzene rings is 12. The average Bonchev–Trinajstić information content (AvgIpc) is 1.65. The molecule has 0 aromatic heterocycles. The second-order valence-electron chi connectivity index (χ2n) is 37.0.